The predicted molar refractivity (Wildman–Crippen MR) is 98.5 cm³/mol. The van der Waals surface area contributed by atoms with Crippen molar-refractivity contribution in [1.82, 2.24) is 10.2 Å². The van der Waals surface area contributed by atoms with Crippen LogP contribution in [0.25, 0.3) is 0 Å². The molecule has 1 aromatic rings. The first-order chi connectivity index (χ1) is 12.6. The van der Waals surface area contributed by atoms with E-state index in [1.165, 1.54) is 26.4 Å². The topological polar surface area (TPSA) is 79.9 Å². The van der Waals surface area contributed by atoms with Gasteiger partial charge in [-0.2, -0.15) is 0 Å². The van der Waals surface area contributed by atoms with Gasteiger partial charge in [-0.3, -0.25) is 4.90 Å². The van der Waals surface area contributed by atoms with Crippen molar-refractivity contribution in [2.24, 2.45) is 0 Å². The fourth-order valence-corrected chi connectivity index (χ4v) is 3.62. The summed E-state index contributed by atoms with van der Waals surface area (Å²) in [4.78, 5) is 26.6. The maximum Gasteiger partial charge on any atom is 0.337 e. The Morgan fingerprint density at radius 2 is 1.96 bits per heavy atom. The first-order valence-corrected chi connectivity index (χ1v) is 9.17. The zero-order chi connectivity index (χ0) is 18.5. The molecule has 0 saturated carbocycles. The molecule has 0 bridgehead atoms. The third-order valence-corrected chi connectivity index (χ3v) is 5.13. The number of hydrogen-bond acceptors (Lipinski definition) is 5. The highest BCUT2D eigenvalue weighted by Crippen LogP contribution is 2.20. The summed E-state index contributed by atoms with van der Waals surface area (Å²) in [5.74, 6) is -0.428. The lowest BCUT2D eigenvalue weighted by Crippen LogP contribution is -2.53. The van der Waals surface area contributed by atoms with Gasteiger partial charge in [0, 0.05) is 5.69 Å². The van der Waals surface area contributed by atoms with Crippen molar-refractivity contribution in [1.29, 1.82) is 0 Å². The van der Waals surface area contributed by atoms with E-state index in [0.717, 1.165) is 18.7 Å². The Hall–Kier alpha value is -2.12. The number of carbonyl (C=O) groups is 2. The second-order valence-corrected chi connectivity index (χ2v) is 6.93. The number of benzene rings is 1. The largest absolute Gasteiger partial charge is 0.465 e. The van der Waals surface area contributed by atoms with Crippen molar-refractivity contribution >= 4 is 17.7 Å². The standard InChI is InChI=1S/C19H27N3O4/c1-13-6-7-14(18(23)25-2)10-15(13)20-19(24)21-16-11-26-12-17(16)22-8-4-3-5-9-22/h6-7,10,16-17H,3-5,8-9,11-12H2,1-2H3,(H2,20,21,24). The molecule has 2 N–H and O–H groups in total. The minimum Gasteiger partial charge on any atom is -0.465 e. The van der Waals surface area contributed by atoms with Crippen LogP contribution >= 0.6 is 0 Å². The number of nitrogens with zero attached hydrogens (tertiary/aromatic N) is 1. The van der Waals surface area contributed by atoms with Crippen LogP contribution in [0.4, 0.5) is 10.5 Å². The van der Waals surface area contributed by atoms with E-state index in [2.05, 4.69) is 15.5 Å². The molecule has 2 aliphatic heterocycles. The summed E-state index contributed by atoms with van der Waals surface area (Å²) in [6, 6.07) is 5.01. The molecule has 0 aliphatic carbocycles. The fourth-order valence-electron chi connectivity index (χ4n) is 3.62. The summed E-state index contributed by atoms with van der Waals surface area (Å²) in [5, 5.41) is 5.88. The van der Waals surface area contributed by atoms with Crippen LogP contribution in [-0.4, -0.2) is 62.4 Å². The number of piperidine rings is 1. The fraction of sp³-hybridized carbons (Fsp3) is 0.579. The van der Waals surface area contributed by atoms with Crippen LogP contribution < -0.4 is 10.6 Å². The Bertz CT molecular complexity index is 658. The number of nitrogens with one attached hydrogen (secondary N) is 2. The van der Waals surface area contributed by atoms with Crippen LogP contribution in [0.1, 0.15) is 35.2 Å². The van der Waals surface area contributed by atoms with Crippen LogP contribution in [0.2, 0.25) is 0 Å². The molecule has 0 aromatic heterocycles. The van der Waals surface area contributed by atoms with Gasteiger partial charge in [0.15, 0.2) is 0 Å². The van der Waals surface area contributed by atoms with E-state index in [9.17, 15) is 9.59 Å². The molecule has 2 fully saturated rings. The molecule has 2 aliphatic rings. The predicted octanol–water partition coefficient (Wildman–Crippen LogP) is 2.16. The van der Waals surface area contributed by atoms with E-state index in [1.54, 1.807) is 18.2 Å². The number of hydrogen-bond donors (Lipinski definition) is 2. The lowest BCUT2D eigenvalue weighted by molar-refractivity contribution is 0.0600. The summed E-state index contributed by atoms with van der Waals surface area (Å²) in [5.41, 5.74) is 1.88. The first-order valence-electron chi connectivity index (χ1n) is 9.17. The van der Waals surface area contributed by atoms with Crippen LogP contribution in [-0.2, 0) is 9.47 Å². The van der Waals surface area contributed by atoms with Gasteiger partial charge >= 0.3 is 12.0 Å². The monoisotopic (exact) mass is 361 g/mol. The number of likely N-dealkylation sites (tertiary alicyclic amines) is 1. The molecule has 2 atom stereocenters. The zero-order valence-corrected chi connectivity index (χ0v) is 15.4. The quantitative estimate of drug-likeness (QED) is 0.804. The van der Waals surface area contributed by atoms with E-state index in [-0.39, 0.29) is 18.1 Å². The van der Waals surface area contributed by atoms with Gasteiger partial charge in [0.2, 0.25) is 0 Å². The molecule has 1 aromatic carbocycles. The Balaban J connectivity index is 1.62. The maximum absolute atomic E-state index is 12.5. The SMILES string of the molecule is COC(=O)c1ccc(C)c(NC(=O)NC2COCC2N2CCCCC2)c1. The number of ether oxygens (including phenoxy) is 2. The minimum absolute atomic E-state index is 0.0304. The van der Waals surface area contributed by atoms with Crippen LogP contribution in [0.3, 0.4) is 0 Å². The van der Waals surface area contributed by atoms with Gasteiger partial charge in [0.1, 0.15) is 0 Å². The van der Waals surface area contributed by atoms with Gasteiger partial charge in [0.25, 0.3) is 0 Å². The molecule has 2 unspecified atom stereocenters. The molecule has 2 saturated heterocycles. The lowest BCUT2D eigenvalue weighted by atomic mass is 10.1. The van der Waals surface area contributed by atoms with E-state index in [1.807, 2.05) is 6.92 Å². The van der Waals surface area contributed by atoms with Crippen molar-refractivity contribution in [2.45, 2.75) is 38.3 Å². The molecule has 3 rings (SSSR count). The summed E-state index contributed by atoms with van der Waals surface area (Å²) in [7, 11) is 1.34. The average molecular weight is 361 g/mol. The van der Waals surface area contributed by atoms with Crippen LogP contribution in [0, 0.1) is 6.92 Å². The van der Waals surface area contributed by atoms with Crippen molar-refractivity contribution < 1.29 is 19.1 Å². The second-order valence-electron chi connectivity index (χ2n) is 6.93. The van der Waals surface area contributed by atoms with Crippen molar-refractivity contribution in [2.75, 3.05) is 38.7 Å². The van der Waals surface area contributed by atoms with Crippen molar-refractivity contribution in [3.05, 3.63) is 29.3 Å². The third kappa shape index (κ3) is 4.34. The molecule has 2 heterocycles. The van der Waals surface area contributed by atoms with E-state index >= 15 is 0 Å². The molecular weight excluding hydrogens is 334 g/mol. The van der Waals surface area contributed by atoms with E-state index in [0.29, 0.717) is 24.5 Å². The van der Waals surface area contributed by atoms with Gasteiger partial charge in [-0.25, -0.2) is 9.59 Å². The molecule has 7 nitrogen and oxygen atoms in total. The number of rotatable bonds is 4. The Labute approximate surface area is 154 Å². The molecule has 2 amide bonds. The average Bonchev–Trinajstić information content (AvgIpc) is 3.11. The van der Waals surface area contributed by atoms with E-state index < -0.39 is 5.97 Å². The number of methoxy groups -OCH3 is 1. The highest BCUT2D eigenvalue weighted by atomic mass is 16.5. The Kier molecular flexibility index (Phi) is 6.11. The molecule has 7 heteroatoms. The van der Waals surface area contributed by atoms with Gasteiger partial charge in [-0.1, -0.05) is 12.5 Å². The number of carbonyl (C=O) groups excluding carboxylic acids is 2. The number of anilines is 1. The van der Waals surface area contributed by atoms with E-state index in [4.69, 9.17) is 9.47 Å². The number of amides is 2. The minimum atomic E-state index is -0.428. The Morgan fingerprint density at radius 1 is 1.19 bits per heavy atom. The lowest BCUT2D eigenvalue weighted by Gasteiger charge is -2.34. The van der Waals surface area contributed by atoms with Gasteiger partial charge in [0.05, 0.1) is 38.0 Å². The molecule has 0 radical (unpaired) electrons. The number of urea groups is 1. The molecule has 0 spiro atoms. The highest BCUT2D eigenvalue weighted by molar-refractivity contribution is 5.94. The zero-order valence-electron chi connectivity index (χ0n) is 15.4. The van der Waals surface area contributed by atoms with Crippen molar-refractivity contribution in [3.8, 4) is 0 Å². The van der Waals surface area contributed by atoms with Crippen molar-refractivity contribution in [3.63, 3.8) is 0 Å². The van der Waals surface area contributed by atoms with Gasteiger partial charge in [-0.15, -0.1) is 0 Å². The Morgan fingerprint density at radius 3 is 2.69 bits per heavy atom. The smallest absolute Gasteiger partial charge is 0.337 e. The maximum atomic E-state index is 12.5. The van der Waals surface area contributed by atoms with Crippen LogP contribution in [0.5, 0.6) is 0 Å². The number of esters is 1. The van der Waals surface area contributed by atoms with Crippen LogP contribution in [0.15, 0.2) is 18.2 Å². The number of aryl methyl sites for hydroxylation is 1. The highest BCUT2D eigenvalue weighted by Gasteiger charge is 2.34. The van der Waals surface area contributed by atoms with Gasteiger partial charge < -0.3 is 20.1 Å². The summed E-state index contributed by atoms with van der Waals surface area (Å²) in [6.45, 7) is 5.19. The summed E-state index contributed by atoms with van der Waals surface area (Å²) < 4.78 is 10.4. The normalized spacial score (nSPS) is 23.5. The molecule has 26 heavy (non-hydrogen) atoms. The first kappa shape index (κ1) is 18.7. The molecule has 142 valence electrons. The summed E-state index contributed by atoms with van der Waals surface area (Å²) >= 11 is 0. The second kappa shape index (κ2) is 8.51. The summed E-state index contributed by atoms with van der Waals surface area (Å²) in [6.07, 6.45) is 3.68. The van der Waals surface area contributed by atoms with Gasteiger partial charge in [-0.05, 0) is 50.6 Å². The molecular formula is C19H27N3O4. The third-order valence-electron chi connectivity index (χ3n) is 5.13.